The molecule has 0 spiro atoms. The van der Waals surface area contributed by atoms with Gasteiger partial charge in [-0.15, -0.1) is 0 Å². The van der Waals surface area contributed by atoms with Crippen LogP contribution in [0.2, 0.25) is 0 Å². The summed E-state index contributed by atoms with van der Waals surface area (Å²) in [6.45, 7) is 11.3. The Morgan fingerprint density at radius 2 is 1.62 bits per heavy atom. The Morgan fingerprint density at radius 3 is 2.19 bits per heavy atom. The highest BCUT2D eigenvalue weighted by Crippen LogP contribution is 2.23. The molecule has 2 nitrogen and oxygen atoms in total. The summed E-state index contributed by atoms with van der Waals surface area (Å²) >= 11 is 0. The fraction of sp³-hybridized carbons (Fsp3) is 0.571. The lowest BCUT2D eigenvalue weighted by molar-refractivity contribution is 0.216. The smallest absolute Gasteiger partial charge is 0.122 e. The molecule has 0 saturated carbocycles. The summed E-state index contributed by atoms with van der Waals surface area (Å²) in [5, 5.41) is 3.23. The highest BCUT2D eigenvalue weighted by molar-refractivity contribution is 5.40. The number of aryl methyl sites for hydroxylation is 3. The van der Waals surface area contributed by atoms with Gasteiger partial charge in [0.05, 0.1) is 0 Å². The Labute approximate surface area is 99.0 Å². The molecule has 0 amide bonds. The second kappa shape index (κ2) is 4.88. The Bertz CT molecular complexity index is 369. The van der Waals surface area contributed by atoms with Crippen molar-refractivity contribution in [2.75, 3.05) is 13.7 Å². The fourth-order valence-electron chi connectivity index (χ4n) is 1.42. The van der Waals surface area contributed by atoms with E-state index < -0.39 is 0 Å². The minimum atomic E-state index is 0.00519. The molecule has 0 bridgehead atoms. The molecule has 1 N–H and O–H groups in total. The van der Waals surface area contributed by atoms with Crippen LogP contribution in [0, 0.1) is 20.8 Å². The molecule has 0 unspecified atom stereocenters. The molecule has 0 fully saturated rings. The first-order chi connectivity index (χ1) is 7.35. The maximum Gasteiger partial charge on any atom is 0.122 e. The van der Waals surface area contributed by atoms with Gasteiger partial charge in [-0.25, -0.2) is 0 Å². The number of benzene rings is 1. The normalized spacial score (nSPS) is 11.6. The van der Waals surface area contributed by atoms with E-state index in [9.17, 15) is 0 Å². The van der Waals surface area contributed by atoms with Crippen molar-refractivity contribution >= 4 is 0 Å². The van der Waals surface area contributed by atoms with Gasteiger partial charge in [0, 0.05) is 5.54 Å². The van der Waals surface area contributed by atoms with Crippen LogP contribution in [0.4, 0.5) is 0 Å². The third-order valence-electron chi connectivity index (χ3n) is 3.06. The summed E-state index contributed by atoms with van der Waals surface area (Å²) in [6.07, 6.45) is 0. The first kappa shape index (κ1) is 13.0. The molecule has 0 aliphatic rings. The molecule has 1 aromatic carbocycles. The van der Waals surface area contributed by atoms with E-state index in [1.165, 1.54) is 16.7 Å². The number of hydrogen-bond donors (Lipinski definition) is 1. The van der Waals surface area contributed by atoms with E-state index in [1.807, 2.05) is 7.05 Å². The van der Waals surface area contributed by atoms with Crippen molar-refractivity contribution in [3.63, 3.8) is 0 Å². The van der Waals surface area contributed by atoms with Crippen molar-refractivity contribution in [2.24, 2.45) is 0 Å². The fourth-order valence-corrected chi connectivity index (χ4v) is 1.42. The Hall–Kier alpha value is -1.02. The number of ether oxygens (including phenoxy) is 1. The van der Waals surface area contributed by atoms with E-state index in [0.29, 0.717) is 6.61 Å². The van der Waals surface area contributed by atoms with Crippen molar-refractivity contribution in [1.29, 1.82) is 0 Å². The van der Waals surface area contributed by atoms with Crippen molar-refractivity contribution in [2.45, 2.75) is 40.2 Å². The highest BCUT2D eigenvalue weighted by Gasteiger charge is 2.16. The van der Waals surface area contributed by atoms with Crippen LogP contribution in [0.15, 0.2) is 12.1 Å². The van der Waals surface area contributed by atoms with Gasteiger partial charge in [-0.05, 0) is 64.4 Å². The highest BCUT2D eigenvalue weighted by atomic mass is 16.5. The average Bonchev–Trinajstić information content (AvgIpc) is 2.22. The number of rotatable bonds is 4. The van der Waals surface area contributed by atoms with E-state index >= 15 is 0 Å². The van der Waals surface area contributed by atoms with Gasteiger partial charge in [-0.2, -0.15) is 0 Å². The van der Waals surface area contributed by atoms with E-state index in [4.69, 9.17) is 4.74 Å². The van der Waals surface area contributed by atoms with Gasteiger partial charge < -0.3 is 10.1 Å². The van der Waals surface area contributed by atoms with E-state index in [1.54, 1.807) is 0 Å². The van der Waals surface area contributed by atoms with Crippen molar-refractivity contribution in [3.05, 3.63) is 28.8 Å². The molecule has 0 aliphatic heterocycles. The molecule has 0 atom stereocenters. The maximum absolute atomic E-state index is 5.87. The van der Waals surface area contributed by atoms with Crippen molar-refractivity contribution in [1.82, 2.24) is 5.32 Å². The van der Waals surface area contributed by atoms with Gasteiger partial charge in [0.2, 0.25) is 0 Å². The van der Waals surface area contributed by atoms with E-state index in [2.05, 4.69) is 52.1 Å². The van der Waals surface area contributed by atoms with Crippen LogP contribution in [-0.4, -0.2) is 19.2 Å². The third kappa shape index (κ3) is 3.24. The molecule has 2 heteroatoms. The predicted molar refractivity (Wildman–Crippen MR) is 69.3 cm³/mol. The lowest BCUT2D eigenvalue weighted by atomic mass is 10.1. The van der Waals surface area contributed by atoms with Crippen LogP contribution in [0.5, 0.6) is 5.75 Å². The molecule has 0 aromatic heterocycles. The van der Waals surface area contributed by atoms with E-state index in [0.717, 1.165) is 5.75 Å². The minimum Gasteiger partial charge on any atom is -0.491 e. The molecule has 90 valence electrons. The zero-order valence-electron chi connectivity index (χ0n) is 11.3. The Kier molecular flexibility index (Phi) is 3.98. The molecular formula is C14H23NO. The topological polar surface area (TPSA) is 21.3 Å². The largest absolute Gasteiger partial charge is 0.491 e. The molecule has 0 radical (unpaired) electrons. The molecular weight excluding hydrogens is 198 g/mol. The van der Waals surface area contributed by atoms with Crippen LogP contribution in [0.1, 0.15) is 30.5 Å². The number of nitrogens with one attached hydrogen (secondary N) is 1. The lowest BCUT2D eigenvalue weighted by Gasteiger charge is -2.24. The zero-order chi connectivity index (χ0) is 12.3. The minimum absolute atomic E-state index is 0.00519. The van der Waals surface area contributed by atoms with Gasteiger partial charge in [0.15, 0.2) is 0 Å². The first-order valence-electron chi connectivity index (χ1n) is 5.75. The van der Waals surface area contributed by atoms with Crippen LogP contribution < -0.4 is 10.1 Å². The zero-order valence-corrected chi connectivity index (χ0v) is 11.3. The summed E-state index contributed by atoms with van der Waals surface area (Å²) in [5.74, 6) is 0.992. The summed E-state index contributed by atoms with van der Waals surface area (Å²) in [7, 11) is 1.95. The van der Waals surface area contributed by atoms with Crippen LogP contribution >= 0.6 is 0 Å². The van der Waals surface area contributed by atoms with E-state index in [-0.39, 0.29) is 5.54 Å². The van der Waals surface area contributed by atoms with Gasteiger partial charge in [0.1, 0.15) is 12.4 Å². The molecule has 0 heterocycles. The number of hydrogen-bond acceptors (Lipinski definition) is 2. The molecule has 0 saturated heterocycles. The third-order valence-corrected chi connectivity index (χ3v) is 3.06. The van der Waals surface area contributed by atoms with Crippen LogP contribution in [0.25, 0.3) is 0 Å². The maximum atomic E-state index is 5.87. The van der Waals surface area contributed by atoms with Gasteiger partial charge in [0.25, 0.3) is 0 Å². The van der Waals surface area contributed by atoms with Crippen LogP contribution in [0.3, 0.4) is 0 Å². The summed E-state index contributed by atoms with van der Waals surface area (Å²) < 4.78 is 5.87. The van der Waals surface area contributed by atoms with Crippen LogP contribution in [-0.2, 0) is 0 Å². The second-order valence-corrected chi connectivity index (χ2v) is 5.12. The molecule has 16 heavy (non-hydrogen) atoms. The standard InChI is InChI=1S/C14H23NO/c1-10-7-12(3)13(8-11(10)2)16-9-14(4,5)15-6/h7-8,15H,9H2,1-6H3. The summed E-state index contributed by atoms with van der Waals surface area (Å²) in [5.41, 5.74) is 3.81. The first-order valence-corrected chi connectivity index (χ1v) is 5.75. The SMILES string of the molecule is CNC(C)(C)COc1cc(C)c(C)cc1C. The Morgan fingerprint density at radius 1 is 1.06 bits per heavy atom. The Balaban J connectivity index is 2.79. The lowest BCUT2D eigenvalue weighted by Crippen LogP contribution is -2.42. The number of likely N-dealkylation sites (N-methyl/N-ethyl adjacent to an activating group) is 1. The van der Waals surface area contributed by atoms with Crippen molar-refractivity contribution < 1.29 is 4.74 Å². The predicted octanol–water partition coefficient (Wildman–Crippen LogP) is 2.99. The van der Waals surface area contributed by atoms with Crippen molar-refractivity contribution in [3.8, 4) is 5.75 Å². The van der Waals surface area contributed by atoms with Gasteiger partial charge in [-0.1, -0.05) is 6.07 Å². The molecule has 1 aromatic rings. The quantitative estimate of drug-likeness (QED) is 0.844. The molecule has 1 rings (SSSR count). The summed E-state index contributed by atoms with van der Waals surface area (Å²) in [4.78, 5) is 0. The molecule has 0 aliphatic carbocycles. The summed E-state index contributed by atoms with van der Waals surface area (Å²) in [6, 6.07) is 4.30. The average molecular weight is 221 g/mol. The van der Waals surface area contributed by atoms with Gasteiger partial charge in [-0.3, -0.25) is 0 Å². The monoisotopic (exact) mass is 221 g/mol. The van der Waals surface area contributed by atoms with Gasteiger partial charge >= 0.3 is 0 Å². The second-order valence-electron chi connectivity index (χ2n) is 5.12.